The maximum atomic E-state index is 5.75. The summed E-state index contributed by atoms with van der Waals surface area (Å²) in [5, 5.41) is 0. The Kier molecular flexibility index (Phi) is 4.08. The number of methoxy groups -OCH3 is 1. The van der Waals surface area contributed by atoms with Crippen LogP contribution < -0.4 is 9.57 Å². The molecule has 3 heteroatoms. The Bertz CT molecular complexity index is 325. The van der Waals surface area contributed by atoms with Crippen LogP contribution in [0.4, 0.5) is 0 Å². The lowest BCUT2D eigenvalue weighted by atomic mass is 9.95. The van der Waals surface area contributed by atoms with Crippen molar-refractivity contribution in [3.8, 4) is 5.75 Å². The van der Waals surface area contributed by atoms with Crippen LogP contribution in [0.1, 0.15) is 24.8 Å². The van der Waals surface area contributed by atoms with Gasteiger partial charge in [0.25, 0.3) is 0 Å². The SMILES string of the molecule is COc1ccc(C[C@@H]2CCCC2NCl)cc1. The van der Waals surface area contributed by atoms with Gasteiger partial charge in [-0.3, -0.25) is 0 Å². The smallest absolute Gasteiger partial charge is 0.118 e. The fourth-order valence-electron chi connectivity index (χ4n) is 2.49. The van der Waals surface area contributed by atoms with Gasteiger partial charge in [0.15, 0.2) is 0 Å². The molecule has 2 nitrogen and oxygen atoms in total. The van der Waals surface area contributed by atoms with Gasteiger partial charge in [0, 0.05) is 6.04 Å². The summed E-state index contributed by atoms with van der Waals surface area (Å²) in [6.45, 7) is 0. The monoisotopic (exact) mass is 239 g/mol. The van der Waals surface area contributed by atoms with Crippen LogP contribution >= 0.6 is 11.8 Å². The van der Waals surface area contributed by atoms with Gasteiger partial charge < -0.3 is 4.74 Å². The summed E-state index contributed by atoms with van der Waals surface area (Å²) in [6, 6.07) is 8.80. The fraction of sp³-hybridized carbons (Fsp3) is 0.538. The Morgan fingerprint density at radius 1 is 1.31 bits per heavy atom. The molecule has 1 fully saturated rings. The highest BCUT2D eigenvalue weighted by atomic mass is 35.5. The summed E-state index contributed by atoms with van der Waals surface area (Å²) >= 11 is 5.75. The molecule has 0 amide bonds. The van der Waals surface area contributed by atoms with E-state index in [1.54, 1.807) is 7.11 Å². The third-order valence-corrected chi connectivity index (χ3v) is 3.74. The largest absolute Gasteiger partial charge is 0.497 e. The van der Waals surface area contributed by atoms with Crippen LogP contribution in [-0.4, -0.2) is 13.2 Å². The first-order chi connectivity index (χ1) is 7.83. The van der Waals surface area contributed by atoms with Gasteiger partial charge in [0.2, 0.25) is 0 Å². The minimum absolute atomic E-state index is 0.476. The van der Waals surface area contributed by atoms with Gasteiger partial charge in [-0.25, -0.2) is 4.84 Å². The lowest BCUT2D eigenvalue weighted by molar-refractivity contribution is 0.414. The molecule has 0 aliphatic heterocycles. The van der Waals surface area contributed by atoms with Gasteiger partial charge in [-0.2, -0.15) is 0 Å². The van der Waals surface area contributed by atoms with Crippen LogP contribution in [-0.2, 0) is 6.42 Å². The highest BCUT2D eigenvalue weighted by Crippen LogP contribution is 2.29. The van der Waals surface area contributed by atoms with Crippen molar-refractivity contribution in [3.63, 3.8) is 0 Å². The van der Waals surface area contributed by atoms with E-state index in [-0.39, 0.29) is 0 Å². The Labute approximate surface area is 102 Å². The molecule has 0 saturated heterocycles. The molecule has 1 aliphatic rings. The van der Waals surface area contributed by atoms with E-state index in [9.17, 15) is 0 Å². The first kappa shape index (κ1) is 11.7. The minimum atomic E-state index is 0.476. The molecular formula is C13H18ClNO. The lowest BCUT2D eigenvalue weighted by Crippen LogP contribution is -2.26. The highest BCUT2D eigenvalue weighted by Gasteiger charge is 2.26. The van der Waals surface area contributed by atoms with Crippen LogP contribution in [0.15, 0.2) is 24.3 Å². The molecule has 1 saturated carbocycles. The molecule has 0 spiro atoms. The van der Waals surface area contributed by atoms with E-state index in [1.807, 2.05) is 12.1 Å². The predicted molar refractivity (Wildman–Crippen MR) is 66.8 cm³/mol. The van der Waals surface area contributed by atoms with Crippen molar-refractivity contribution in [2.24, 2.45) is 5.92 Å². The zero-order valence-corrected chi connectivity index (χ0v) is 10.3. The third kappa shape index (κ3) is 2.69. The van der Waals surface area contributed by atoms with Gasteiger partial charge in [0.1, 0.15) is 5.75 Å². The number of benzene rings is 1. The summed E-state index contributed by atoms with van der Waals surface area (Å²) < 4.78 is 5.15. The second-order valence-corrected chi connectivity index (χ2v) is 4.68. The van der Waals surface area contributed by atoms with Gasteiger partial charge >= 0.3 is 0 Å². The number of ether oxygens (including phenoxy) is 1. The first-order valence-electron chi connectivity index (χ1n) is 5.82. The summed E-state index contributed by atoms with van der Waals surface area (Å²) in [7, 11) is 1.69. The third-order valence-electron chi connectivity index (χ3n) is 3.46. The Morgan fingerprint density at radius 2 is 2.06 bits per heavy atom. The molecule has 0 heterocycles. The molecular weight excluding hydrogens is 222 g/mol. The van der Waals surface area contributed by atoms with Crippen molar-refractivity contribution in [1.82, 2.24) is 4.84 Å². The van der Waals surface area contributed by atoms with Crippen molar-refractivity contribution >= 4 is 11.8 Å². The van der Waals surface area contributed by atoms with E-state index >= 15 is 0 Å². The van der Waals surface area contributed by atoms with Gasteiger partial charge in [-0.15, -0.1) is 0 Å². The second kappa shape index (κ2) is 5.55. The van der Waals surface area contributed by atoms with Gasteiger partial charge in [-0.05, 0) is 54.7 Å². The zero-order chi connectivity index (χ0) is 11.4. The van der Waals surface area contributed by atoms with Crippen molar-refractivity contribution in [2.75, 3.05) is 7.11 Å². The van der Waals surface area contributed by atoms with Crippen molar-refractivity contribution in [3.05, 3.63) is 29.8 Å². The van der Waals surface area contributed by atoms with Crippen molar-refractivity contribution in [1.29, 1.82) is 0 Å². The first-order valence-corrected chi connectivity index (χ1v) is 6.20. The summed E-state index contributed by atoms with van der Waals surface area (Å²) in [5.74, 6) is 1.59. The standard InChI is InChI=1S/C13H18ClNO/c1-16-12-7-5-10(6-8-12)9-11-3-2-4-13(11)15-14/h5-8,11,13,15H,2-4,9H2,1H3/t11-,13?/m0/s1. The highest BCUT2D eigenvalue weighted by molar-refractivity contribution is 6.13. The zero-order valence-electron chi connectivity index (χ0n) is 9.58. The fourth-order valence-corrected chi connectivity index (χ4v) is 2.78. The lowest BCUT2D eigenvalue weighted by Gasteiger charge is -2.17. The van der Waals surface area contributed by atoms with E-state index in [1.165, 1.54) is 24.8 Å². The van der Waals surface area contributed by atoms with E-state index in [0.717, 1.165) is 12.2 Å². The molecule has 16 heavy (non-hydrogen) atoms. The molecule has 1 N–H and O–H groups in total. The molecule has 0 radical (unpaired) electrons. The van der Waals surface area contributed by atoms with Crippen molar-refractivity contribution in [2.45, 2.75) is 31.7 Å². The average Bonchev–Trinajstić information content (AvgIpc) is 2.77. The Hall–Kier alpha value is -0.730. The molecule has 1 aliphatic carbocycles. The van der Waals surface area contributed by atoms with Crippen molar-refractivity contribution < 1.29 is 4.74 Å². The Balaban J connectivity index is 1.97. The molecule has 0 bridgehead atoms. The normalized spacial score (nSPS) is 24.6. The van der Waals surface area contributed by atoms with E-state index in [2.05, 4.69) is 17.0 Å². The summed E-state index contributed by atoms with van der Waals surface area (Å²) in [4.78, 5) is 2.90. The number of nitrogens with one attached hydrogen (secondary N) is 1. The van der Waals surface area contributed by atoms with Crippen LogP contribution in [0, 0.1) is 5.92 Å². The summed E-state index contributed by atoms with van der Waals surface area (Å²) in [5.41, 5.74) is 1.37. The van der Waals surface area contributed by atoms with Gasteiger partial charge in [0.05, 0.1) is 7.11 Å². The maximum Gasteiger partial charge on any atom is 0.118 e. The van der Waals surface area contributed by atoms with Crippen LogP contribution in [0.5, 0.6) is 5.75 Å². The quantitative estimate of drug-likeness (QED) is 0.815. The molecule has 1 unspecified atom stereocenters. The van der Waals surface area contributed by atoms with E-state index in [0.29, 0.717) is 12.0 Å². The van der Waals surface area contributed by atoms with Gasteiger partial charge in [-0.1, -0.05) is 18.6 Å². The Morgan fingerprint density at radius 3 is 2.69 bits per heavy atom. The molecule has 88 valence electrons. The van der Waals surface area contributed by atoms with Crippen LogP contribution in [0.25, 0.3) is 0 Å². The topological polar surface area (TPSA) is 21.3 Å². The molecule has 1 aromatic carbocycles. The molecule has 2 atom stereocenters. The average molecular weight is 240 g/mol. The van der Waals surface area contributed by atoms with E-state index < -0.39 is 0 Å². The number of hydrogen-bond donors (Lipinski definition) is 1. The molecule has 1 aromatic rings. The number of halogens is 1. The predicted octanol–water partition coefficient (Wildman–Crippen LogP) is 3.15. The second-order valence-electron chi connectivity index (χ2n) is 4.46. The summed E-state index contributed by atoms with van der Waals surface area (Å²) in [6.07, 6.45) is 4.86. The number of rotatable bonds is 4. The van der Waals surface area contributed by atoms with Crippen LogP contribution in [0.3, 0.4) is 0 Å². The molecule has 2 rings (SSSR count). The van der Waals surface area contributed by atoms with E-state index in [4.69, 9.17) is 16.5 Å². The number of hydrogen-bond acceptors (Lipinski definition) is 2. The maximum absolute atomic E-state index is 5.75. The molecule has 0 aromatic heterocycles. The minimum Gasteiger partial charge on any atom is -0.497 e. The van der Waals surface area contributed by atoms with Crippen LogP contribution in [0.2, 0.25) is 0 Å².